The third kappa shape index (κ3) is 2.49. The zero-order valence-corrected chi connectivity index (χ0v) is 11.5. The molecular formula is C13H21N3O2. The largest absolute Gasteiger partial charge is 0.479 e. The number of methoxy groups -OCH3 is 1. The van der Waals surface area contributed by atoms with Gasteiger partial charge in [-0.15, -0.1) is 5.10 Å². The number of likely N-dealkylation sites (tertiary alicyclic amines) is 1. The van der Waals surface area contributed by atoms with Crippen LogP contribution in [0, 0.1) is 11.8 Å². The molecule has 0 N–H and O–H groups in total. The van der Waals surface area contributed by atoms with Gasteiger partial charge in [-0.2, -0.15) is 0 Å². The highest BCUT2D eigenvalue weighted by Gasteiger charge is 2.28. The van der Waals surface area contributed by atoms with Crippen molar-refractivity contribution in [3.05, 3.63) is 11.8 Å². The number of rotatable bonds is 2. The van der Waals surface area contributed by atoms with E-state index in [1.807, 2.05) is 4.90 Å². The van der Waals surface area contributed by atoms with E-state index in [-0.39, 0.29) is 5.91 Å². The number of hydrogen-bond acceptors (Lipinski definition) is 3. The fourth-order valence-electron chi connectivity index (χ4n) is 2.76. The normalized spacial score (nSPS) is 24.1. The van der Waals surface area contributed by atoms with E-state index in [9.17, 15) is 4.79 Å². The molecule has 0 bridgehead atoms. The van der Waals surface area contributed by atoms with Gasteiger partial charge in [-0.05, 0) is 18.3 Å². The average Bonchev–Trinajstić information content (AvgIpc) is 2.68. The van der Waals surface area contributed by atoms with Gasteiger partial charge in [-0.1, -0.05) is 13.8 Å². The molecular weight excluding hydrogens is 230 g/mol. The molecule has 1 aliphatic heterocycles. The molecule has 100 valence electrons. The van der Waals surface area contributed by atoms with Crippen LogP contribution in [0.4, 0.5) is 0 Å². The van der Waals surface area contributed by atoms with Gasteiger partial charge in [-0.25, -0.2) is 0 Å². The number of aryl methyl sites for hydroxylation is 1. The van der Waals surface area contributed by atoms with E-state index in [2.05, 4.69) is 18.9 Å². The van der Waals surface area contributed by atoms with E-state index in [1.54, 1.807) is 25.0 Å². The van der Waals surface area contributed by atoms with Crippen molar-refractivity contribution >= 4 is 5.91 Å². The van der Waals surface area contributed by atoms with Gasteiger partial charge in [0.1, 0.15) is 5.56 Å². The number of piperidine rings is 1. The lowest BCUT2D eigenvalue weighted by Crippen LogP contribution is -2.42. The van der Waals surface area contributed by atoms with Gasteiger partial charge in [0.15, 0.2) is 0 Å². The van der Waals surface area contributed by atoms with Crippen molar-refractivity contribution in [2.45, 2.75) is 20.3 Å². The Hall–Kier alpha value is -1.52. The topological polar surface area (TPSA) is 47.4 Å². The fourth-order valence-corrected chi connectivity index (χ4v) is 2.76. The monoisotopic (exact) mass is 251 g/mol. The fraction of sp³-hybridized carbons (Fsp3) is 0.692. The number of hydrogen-bond donors (Lipinski definition) is 0. The third-order valence-corrected chi connectivity index (χ3v) is 3.37. The van der Waals surface area contributed by atoms with Gasteiger partial charge in [0.2, 0.25) is 5.88 Å². The van der Waals surface area contributed by atoms with Crippen LogP contribution in [0.3, 0.4) is 0 Å². The molecule has 18 heavy (non-hydrogen) atoms. The second-order valence-electron chi connectivity index (χ2n) is 5.38. The molecule has 5 nitrogen and oxygen atoms in total. The van der Waals surface area contributed by atoms with Crippen LogP contribution < -0.4 is 4.74 Å². The SMILES string of the molecule is COc1nn(C)cc1C(=O)N1CC(C)CC(C)C1. The predicted octanol–water partition coefficient (Wildman–Crippen LogP) is 1.55. The van der Waals surface area contributed by atoms with Crippen LogP contribution in [0.15, 0.2) is 6.20 Å². The molecule has 0 radical (unpaired) electrons. The molecule has 0 spiro atoms. The van der Waals surface area contributed by atoms with Crippen LogP contribution in [-0.2, 0) is 7.05 Å². The Kier molecular flexibility index (Phi) is 3.59. The van der Waals surface area contributed by atoms with E-state index in [4.69, 9.17) is 4.74 Å². The molecule has 1 aliphatic rings. The molecule has 2 unspecified atom stereocenters. The summed E-state index contributed by atoms with van der Waals surface area (Å²) in [6, 6.07) is 0. The van der Waals surface area contributed by atoms with Crippen molar-refractivity contribution in [2.75, 3.05) is 20.2 Å². The zero-order valence-electron chi connectivity index (χ0n) is 11.5. The first-order valence-corrected chi connectivity index (χ1v) is 6.38. The van der Waals surface area contributed by atoms with Crippen molar-refractivity contribution < 1.29 is 9.53 Å². The van der Waals surface area contributed by atoms with Crippen LogP contribution in [0.1, 0.15) is 30.6 Å². The summed E-state index contributed by atoms with van der Waals surface area (Å²) in [5.41, 5.74) is 0.557. The summed E-state index contributed by atoms with van der Waals surface area (Å²) in [5.74, 6) is 1.55. The van der Waals surface area contributed by atoms with Crippen LogP contribution in [0.5, 0.6) is 5.88 Å². The molecule has 2 heterocycles. The second-order valence-corrected chi connectivity index (χ2v) is 5.38. The maximum absolute atomic E-state index is 12.5. The minimum atomic E-state index is 0.0263. The van der Waals surface area contributed by atoms with Crippen molar-refractivity contribution in [3.8, 4) is 5.88 Å². The maximum Gasteiger partial charge on any atom is 0.260 e. The highest BCUT2D eigenvalue weighted by Crippen LogP contribution is 2.24. The predicted molar refractivity (Wildman–Crippen MR) is 68.6 cm³/mol. The smallest absolute Gasteiger partial charge is 0.260 e. The van der Waals surface area contributed by atoms with Crippen LogP contribution >= 0.6 is 0 Å². The van der Waals surface area contributed by atoms with Gasteiger partial charge in [0, 0.05) is 26.3 Å². The highest BCUT2D eigenvalue weighted by molar-refractivity contribution is 5.96. The Morgan fingerprint density at radius 2 is 2.00 bits per heavy atom. The second kappa shape index (κ2) is 5.00. The van der Waals surface area contributed by atoms with Crippen LogP contribution in [-0.4, -0.2) is 40.8 Å². The first-order chi connectivity index (χ1) is 8.51. The Morgan fingerprint density at radius 3 is 2.56 bits per heavy atom. The van der Waals surface area contributed by atoms with Crippen LogP contribution in [0.25, 0.3) is 0 Å². The third-order valence-electron chi connectivity index (χ3n) is 3.37. The molecule has 0 saturated carbocycles. The first kappa shape index (κ1) is 12.9. The van der Waals surface area contributed by atoms with Gasteiger partial charge in [-0.3, -0.25) is 9.48 Å². The lowest BCUT2D eigenvalue weighted by molar-refractivity contribution is 0.0620. The van der Waals surface area contributed by atoms with Crippen molar-refractivity contribution in [2.24, 2.45) is 18.9 Å². The average molecular weight is 251 g/mol. The minimum Gasteiger partial charge on any atom is -0.479 e. The number of aromatic nitrogens is 2. The first-order valence-electron chi connectivity index (χ1n) is 6.38. The summed E-state index contributed by atoms with van der Waals surface area (Å²) in [4.78, 5) is 14.4. The number of ether oxygens (including phenoxy) is 1. The molecule has 2 rings (SSSR count). The van der Waals surface area contributed by atoms with E-state index >= 15 is 0 Å². The molecule has 1 aromatic rings. The molecule has 1 saturated heterocycles. The van der Waals surface area contributed by atoms with Crippen LogP contribution in [0.2, 0.25) is 0 Å². The number of carbonyl (C=O) groups is 1. The highest BCUT2D eigenvalue weighted by atomic mass is 16.5. The van der Waals surface area contributed by atoms with E-state index in [0.29, 0.717) is 23.3 Å². The Labute approximate surface area is 108 Å². The molecule has 1 fully saturated rings. The number of nitrogens with zero attached hydrogens (tertiary/aromatic N) is 3. The van der Waals surface area contributed by atoms with Gasteiger partial charge < -0.3 is 9.64 Å². The quantitative estimate of drug-likeness (QED) is 0.801. The summed E-state index contributed by atoms with van der Waals surface area (Å²) < 4.78 is 6.77. The molecule has 1 amide bonds. The van der Waals surface area contributed by atoms with Crippen molar-refractivity contribution in [1.29, 1.82) is 0 Å². The minimum absolute atomic E-state index is 0.0263. The molecule has 0 aliphatic carbocycles. The lowest BCUT2D eigenvalue weighted by Gasteiger charge is -2.34. The van der Waals surface area contributed by atoms with Gasteiger partial charge in [0.05, 0.1) is 7.11 Å². The summed E-state index contributed by atoms with van der Waals surface area (Å²) in [7, 11) is 3.33. The summed E-state index contributed by atoms with van der Waals surface area (Å²) in [6.07, 6.45) is 2.92. The lowest BCUT2D eigenvalue weighted by atomic mass is 9.91. The Balaban J connectivity index is 2.19. The zero-order chi connectivity index (χ0) is 13.3. The molecule has 2 atom stereocenters. The van der Waals surface area contributed by atoms with E-state index < -0.39 is 0 Å². The summed E-state index contributed by atoms with van der Waals surface area (Å²) >= 11 is 0. The standard InChI is InChI=1S/C13H21N3O2/c1-9-5-10(2)7-16(6-9)13(17)11-8-15(3)14-12(11)18-4/h8-10H,5-7H2,1-4H3. The van der Waals surface area contributed by atoms with Crippen molar-refractivity contribution in [3.63, 3.8) is 0 Å². The van der Waals surface area contributed by atoms with E-state index in [1.165, 1.54) is 6.42 Å². The Bertz CT molecular complexity index is 431. The van der Waals surface area contributed by atoms with Gasteiger partial charge in [0.25, 0.3) is 5.91 Å². The summed E-state index contributed by atoms with van der Waals surface area (Å²) in [6.45, 7) is 6.02. The molecule has 0 aromatic carbocycles. The summed E-state index contributed by atoms with van der Waals surface area (Å²) in [5, 5.41) is 4.13. The Morgan fingerprint density at radius 1 is 1.39 bits per heavy atom. The number of amides is 1. The van der Waals surface area contributed by atoms with Crippen molar-refractivity contribution in [1.82, 2.24) is 14.7 Å². The maximum atomic E-state index is 12.5. The molecule has 5 heteroatoms. The van der Waals surface area contributed by atoms with Gasteiger partial charge >= 0.3 is 0 Å². The molecule has 1 aromatic heterocycles. The number of carbonyl (C=O) groups excluding carboxylic acids is 1. The van der Waals surface area contributed by atoms with E-state index in [0.717, 1.165) is 13.1 Å².